The van der Waals surface area contributed by atoms with Gasteiger partial charge in [0.15, 0.2) is 0 Å². The summed E-state index contributed by atoms with van der Waals surface area (Å²) in [7, 11) is 0. The first kappa shape index (κ1) is 16.2. The fraction of sp³-hybridized carbons (Fsp3) is 0.647. The molecule has 0 spiro atoms. The van der Waals surface area contributed by atoms with Gasteiger partial charge in [-0.1, -0.05) is 18.9 Å². The Bertz CT molecular complexity index is 512. The minimum Gasteiger partial charge on any atom is -0.392 e. The van der Waals surface area contributed by atoms with Crippen molar-refractivity contribution in [1.29, 1.82) is 0 Å². The van der Waals surface area contributed by atoms with Crippen LogP contribution in [0.2, 0.25) is 0 Å². The number of aliphatic hydroxyl groups excluding tert-OH is 1. The molecular weight excluding hydrogens is 292 g/mol. The smallest absolute Gasteiger partial charge is 0.237 e. The first-order chi connectivity index (χ1) is 11.2. The highest BCUT2D eigenvalue weighted by atomic mass is 16.3. The zero-order chi connectivity index (χ0) is 16.1. The molecule has 126 valence electrons. The molecule has 2 atom stereocenters. The van der Waals surface area contributed by atoms with Crippen molar-refractivity contribution in [3.05, 3.63) is 23.9 Å². The van der Waals surface area contributed by atoms with Crippen molar-refractivity contribution >= 4 is 11.7 Å². The van der Waals surface area contributed by atoms with Crippen molar-refractivity contribution in [3.8, 4) is 0 Å². The average Bonchev–Trinajstić information content (AvgIpc) is 2.84. The van der Waals surface area contributed by atoms with Crippen LogP contribution in [0, 0.1) is 0 Å². The molecule has 2 saturated heterocycles. The molecule has 3 N–H and O–H groups in total. The standard InChI is InChI=1S/C17H26N4O2/c22-14-9-15(18-12-14)17(23)20-11-13-5-6-16(19-10-13)21-7-3-1-2-4-8-21/h5-6,10,14-15,18,22H,1-4,7-9,11-12H2,(H,20,23). The highest BCUT2D eigenvalue weighted by Gasteiger charge is 2.27. The monoisotopic (exact) mass is 318 g/mol. The molecule has 0 aromatic carbocycles. The summed E-state index contributed by atoms with van der Waals surface area (Å²) in [4.78, 5) is 18.9. The molecule has 6 heteroatoms. The van der Waals surface area contributed by atoms with Crippen LogP contribution in [-0.4, -0.2) is 47.8 Å². The minimum atomic E-state index is -0.416. The summed E-state index contributed by atoms with van der Waals surface area (Å²) in [5.41, 5.74) is 0.996. The van der Waals surface area contributed by atoms with Crippen molar-refractivity contribution in [2.24, 2.45) is 0 Å². The SMILES string of the molecule is O=C(NCc1ccc(N2CCCCCC2)nc1)C1CC(O)CN1. The van der Waals surface area contributed by atoms with Crippen LogP contribution < -0.4 is 15.5 Å². The van der Waals surface area contributed by atoms with Gasteiger partial charge >= 0.3 is 0 Å². The Hall–Kier alpha value is -1.66. The number of amides is 1. The quantitative estimate of drug-likeness (QED) is 0.765. The Labute approximate surface area is 137 Å². The highest BCUT2D eigenvalue weighted by Crippen LogP contribution is 2.17. The Morgan fingerprint density at radius 2 is 2.09 bits per heavy atom. The number of pyridine rings is 1. The van der Waals surface area contributed by atoms with Crippen molar-refractivity contribution in [2.45, 2.75) is 50.8 Å². The van der Waals surface area contributed by atoms with Crippen LogP contribution >= 0.6 is 0 Å². The van der Waals surface area contributed by atoms with E-state index in [1.54, 1.807) is 0 Å². The van der Waals surface area contributed by atoms with E-state index in [2.05, 4.69) is 20.5 Å². The third-order valence-corrected chi connectivity index (χ3v) is 4.63. The van der Waals surface area contributed by atoms with Gasteiger partial charge in [-0.25, -0.2) is 4.98 Å². The molecule has 23 heavy (non-hydrogen) atoms. The molecule has 2 aliphatic rings. The van der Waals surface area contributed by atoms with Gasteiger partial charge in [0, 0.05) is 32.4 Å². The normalized spacial score (nSPS) is 25.2. The molecule has 2 aliphatic heterocycles. The average molecular weight is 318 g/mol. The number of nitrogens with zero attached hydrogens (tertiary/aromatic N) is 2. The molecule has 3 heterocycles. The maximum atomic E-state index is 12.0. The predicted molar refractivity (Wildman–Crippen MR) is 89.2 cm³/mol. The molecule has 0 bridgehead atoms. The lowest BCUT2D eigenvalue weighted by Crippen LogP contribution is -2.40. The molecule has 1 amide bonds. The second kappa shape index (κ2) is 7.75. The lowest BCUT2D eigenvalue weighted by Gasteiger charge is -2.21. The molecule has 1 aromatic heterocycles. The lowest BCUT2D eigenvalue weighted by atomic mass is 10.2. The van der Waals surface area contributed by atoms with Gasteiger partial charge < -0.3 is 20.6 Å². The number of carbonyl (C=O) groups is 1. The number of aliphatic hydroxyl groups is 1. The molecule has 3 rings (SSSR count). The second-order valence-electron chi connectivity index (χ2n) is 6.49. The summed E-state index contributed by atoms with van der Waals surface area (Å²) in [6, 6.07) is 3.80. The van der Waals surface area contributed by atoms with Gasteiger partial charge in [0.1, 0.15) is 5.82 Å². The van der Waals surface area contributed by atoms with E-state index in [-0.39, 0.29) is 11.9 Å². The number of hydrogen-bond donors (Lipinski definition) is 3. The molecule has 0 radical (unpaired) electrons. The number of aromatic nitrogens is 1. The van der Waals surface area contributed by atoms with Crippen LogP contribution in [-0.2, 0) is 11.3 Å². The third kappa shape index (κ3) is 4.42. The zero-order valence-electron chi connectivity index (χ0n) is 13.5. The number of rotatable bonds is 4. The summed E-state index contributed by atoms with van der Waals surface area (Å²) >= 11 is 0. The van der Waals surface area contributed by atoms with E-state index in [4.69, 9.17) is 0 Å². The van der Waals surface area contributed by atoms with Crippen LogP contribution in [0.15, 0.2) is 18.3 Å². The Morgan fingerprint density at radius 1 is 1.30 bits per heavy atom. The molecule has 0 aliphatic carbocycles. The van der Waals surface area contributed by atoms with E-state index in [0.717, 1.165) is 24.5 Å². The van der Waals surface area contributed by atoms with E-state index in [0.29, 0.717) is 19.5 Å². The summed E-state index contributed by atoms with van der Waals surface area (Å²) in [5.74, 6) is 0.973. The van der Waals surface area contributed by atoms with Gasteiger partial charge in [-0.05, 0) is 30.9 Å². The van der Waals surface area contributed by atoms with Crippen molar-refractivity contribution in [1.82, 2.24) is 15.6 Å². The first-order valence-corrected chi connectivity index (χ1v) is 8.61. The molecule has 1 aromatic rings. The number of nitrogens with one attached hydrogen (secondary N) is 2. The number of carbonyl (C=O) groups excluding carboxylic acids is 1. The Kier molecular flexibility index (Phi) is 5.46. The fourth-order valence-corrected chi connectivity index (χ4v) is 3.24. The van der Waals surface area contributed by atoms with E-state index >= 15 is 0 Å². The molecular formula is C17H26N4O2. The molecule has 2 fully saturated rings. The van der Waals surface area contributed by atoms with Crippen LogP contribution in [0.25, 0.3) is 0 Å². The first-order valence-electron chi connectivity index (χ1n) is 8.61. The predicted octanol–water partition coefficient (Wildman–Crippen LogP) is 0.801. The zero-order valence-corrected chi connectivity index (χ0v) is 13.5. The van der Waals surface area contributed by atoms with Crippen LogP contribution in [0.1, 0.15) is 37.7 Å². The third-order valence-electron chi connectivity index (χ3n) is 4.63. The van der Waals surface area contributed by atoms with Gasteiger partial charge in [-0.15, -0.1) is 0 Å². The van der Waals surface area contributed by atoms with E-state index in [1.807, 2.05) is 18.3 Å². The summed E-state index contributed by atoms with van der Waals surface area (Å²) in [6.07, 6.45) is 7.00. The van der Waals surface area contributed by atoms with Crippen LogP contribution in [0.3, 0.4) is 0 Å². The summed E-state index contributed by atoms with van der Waals surface area (Å²) in [5, 5.41) is 15.4. The summed E-state index contributed by atoms with van der Waals surface area (Å²) < 4.78 is 0. The Balaban J connectivity index is 1.50. The van der Waals surface area contributed by atoms with E-state index in [9.17, 15) is 9.90 Å². The minimum absolute atomic E-state index is 0.0573. The number of anilines is 1. The van der Waals surface area contributed by atoms with Gasteiger partial charge in [-0.3, -0.25) is 4.79 Å². The van der Waals surface area contributed by atoms with Gasteiger partial charge in [0.2, 0.25) is 5.91 Å². The van der Waals surface area contributed by atoms with Crippen molar-refractivity contribution < 1.29 is 9.90 Å². The largest absolute Gasteiger partial charge is 0.392 e. The van der Waals surface area contributed by atoms with Crippen molar-refractivity contribution in [3.63, 3.8) is 0 Å². The fourth-order valence-electron chi connectivity index (χ4n) is 3.24. The van der Waals surface area contributed by atoms with Crippen molar-refractivity contribution in [2.75, 3.05) is 24.5 Å². The van der Waals surface area contributed by atoms with E-state index < -0.39 is 6.10 Å². The van der Waals surface area contributed by atoms with Gasteiger partial charge in [0.25, 0.3) is 0 Å². The van der Waals surface area contributed by atoms with Gasteiger partial charge in [-0.2, -0.15) is 0 Å². The maximum absolute atomic E-state index is 12.0. The lowest BCUT2D eigenvalue weighted by molar-refractivity contribution is -0.123. The number of β-amino-alcohol motifs (C(OH)–C–C–N with tert-alkyl or cyclic N) is 1. The second-order valence-corrected chi connectivity index (χ2v) is 6.49. The van der Waals surface area contributed by atoms with Gasteiger partial charge in [0.05, 0.1) is 12.1 Å². The molecule has 0 saturated carbocycles. The van der Waals surface area contributed by atoms with E-state index in [1.165, 1.54) is 25.7 Å². The molecule has 2 unspecified atom stereocenters. The molecule has 6 nitrogen and oxygen atoms in total. The van der Waals surface area contributed by atoms with Crippen LogP contribution in [0.5, 0.6) is 0 Å². The summed E-state index contributed by atoms with van der Waals surface area (Å²) in [6.45, 7) is 3.13. The van der Waals surface area contributed by atoms with Crippen LogP contribution in [0.4, 0.5) is 5.82 Å². The maximum Gasteiger partial charge on any atom is 0.237 e. The highest BCUT2D eigenvalue weighted by molar-refractivity contribution is 5.82. The topological polar surface area (TPSA) is 77.5 Å². The number of hydrogen-bond acceptors (Lipinski definition) is 5. The Morgan fingerprint density at radius 3 is 2.70 bits per heavy atom.